The molecule has 0 bridgehead atoms. The van der Waals surface area contributed by atoms with Gasteiger partial charge in [0.25, 0.3) is 0 Å². The molecule has 0 N–H and O–H groups in total. The molecule has 1 aliphatic rings. The lowest BCUT2D eigenvalue weighted by Gasteiger charge is -2.16. The zero-order valence-electron chi connectivity index (χ0n) is 10.5. The smallest absolute Gasteiger partial charge is 0.234 e. The Labute approximate surface area is 107 Å². The van der Waals surface area contributed by atoms with Crippen molar-refractivity contribution in [3.8, 4) is 0 Å². The molecule has 1 heterocycles. The molecule has 0 radical (unpaired) electrons. The molecule has 1 amide bonds. The van der Waals surface area contributed by atoms with Gasteiger partial charge in [0.05, 0.1) is 0 Å². The molecule has 1 fully saturated rings. The van der Waals surface area contributed by atoms with E-state index < -0.39 is 5.92 Å². The minimum Gasteiger partial charge on any atom is -0.337 e. The Morgan fingerprint density at radius 2 is 2.11 bits per heavy atom. The van der Waals surface area contributed by atoms with Crippen LogP contribution < -0.4 is 0 Å². The number of rotatable bonds is 4. The van der Waals surface area contributed by atoms with E-state index in [1.807, 2.05) is 30.3 Å². The van der Waals surface area contributed by atoms with Gasteiger partial charge in [-0.25, -0.2) is 0 Å². The van der Waals surface area contributed by atoms with E-state index in [0.717, 1.165) is 5.56 Å². The van der Waals surface area contributed by atoms with Crippen molar-refractivity contribution in [2.75, 3.05) is 6.54 Å². The van der Waals surface area contributed by atoms with Gasteiger partial charge in [0, 0.05) is 19.0 Å². The highest BCUT2D eigenvalue weighted by Gasteiger charge is 2.41. The average molecular weight is 243 g/mol. The summed E-state index contributed by atoms with van der Waals surface area (Å²) in [7, 11) is 0. The lowest BCUT2D eigenvalue weighted by Crippen LogP contribution is -2.29. The van der Waals surface area contributed by atoms with Crippen LogP contribution >= 0.6 is 0 Å². The Kier molecular flexibility index (Phi) is 3.60. The highest BCUT2D eigenvalue weighted by molar-refractivity contribution is 6.02. The fourth-order valence-electron chi connectivity index (χ4n) is 2.46. The summed E-state index contributed by atoms with van der Waals surface area (Å²) in [5, 5.41) is 0. The van der Waals surface area contributed by atoms with Crippen LogP contribution in [0.15, 0.2) is 43.0 Å². The third-order valence-corrected chi connectivity index (χ3v) is 3.39. The second kappa shape index (κ2) is 5.17. The standard InChI is InChI=1S/C15H17NO2/c1-3-13-10-16(15(18)14(13)11(2)17)9-12-7-5-4-6-8-12/h3-8,13-14H,1,9-10H2,2H3/t13-,14+/m1/s1. The molecule has 0 unspecified atom stereocenters. The molecule has 3 heteroatoms. The van der Waals surface area contributed by atoms with Crippen LogP contribution in [0.2, 0.25) is 0 Å². The molecule has 1 aliphatic heterocycles. The van der Waals surface area contributed by atoms with Crippen molar-refractivity contribution < 1.29 is 9.59 Å². The van der Waals surface area contributed by atoms with Crippen LogP contribution in [0, 0.1) is 11.8 Å². The summed E-state index contributed by atoms with van der Waals surface area (Å²) in [5.41, 5.74) is 1.08. The molecule has 0 aliphatic carbocycles. The molecule has 1 aromatic rings. The average Bonchev–Trinajstić information content (AvgIpc) is 2.67. The summed E-state index contributed by atoms with van der Waals surface area (Å²) in [5.74, 6) is -0.735. The van der Waals surface area contributed by atoms with Gasteiger partial charge < -0.3 is 4.90 Å². The van der Waals surface area contributed by atoms with Gasteiger partial charge in [0.15, 0.2) is 0 Å². The molecule has 0 spiro atoms. The molecule has 94 valence electrons. The quantitative estimate of drug-likeness (QED) is 0.599. The van der Waals surface area contributed by atoms with Gasteiger partial charge in [-0.2, -0.15) is 0 Å². The maximum absolute atomic E-state index is 12.2. The minimum atomic E-state index is -0.536. The van der Waals surface area contributed by atoms with Crippen LogP contribution in [0.5, 0.6) is 0 Å². The summed E-state index contributed by atoms with van der Waals surface area (Å²) in [4.78, 5) is 25.5. The van der Waals surface area contributed by atoms with Crippen molar-refractivity contribution in [1.29, 1.82) is 0 Å². The van der Waals surface area contributed by atoms with Crippen molar-refractivity contribution in [2.24, 2.45) is 11.8 Å². The van der Waals surface area contributed by atoms with Gasteiger partial charge in [-0.05, 0) is 12.5 Å². The molecule has 2 rings (SSSR count). The normalized spacial score (nSPS) is 23.2. The molecule has 1 aromatic carbocycles. The van der Waals surface area contributed by atoms with Crippen LogP contribution in [-0.4, -0.2) is 23.1 Å². The molecule has 3 nitrogen and oxygen atoms in total. The molecule has 0 saturated carbocycles. The van der Waals surface area contributed by atoms with Gasteiger partial charge in [-0.1, -0.05) is 36.4 Å². The van der Waals surface area contributed by atoms with Crippen molar-refractivity contribution in [1.82, 2.24) is 4.90 Å². The first kappa shape index (κ1) is 12.6. The zero-order valence-corrected chi connectivity index (χ0v) is 10.5. The Balaban J connectivity index is 2.14. The first-order valence-electron chi connectivity index (χ1n) is 6.09. The zero-order chi connectivity index (χ0) is 13.1. The molecular formula is C15H17NO2. The van der Waals surface area contributed by atoms with Gasteiger partial charge in [0.1, 0.15) is 11.7 Å². The maximum atomic E-state index is 12.2. The van der Waals surface area contributed by atoms with E-state index in [1.54, 1.807) is 11.0 Å². The Morgan fingerprint density at radius 1 is 1.44 bits per heavy atom. The molecule has 2 atom stereocenters. The van der Waals surface area contributed by atoms with Gasteiger partial charge in [0.2, 0.25) is 5.91 Å². The monoisotopic (exact) mass is 243 g/mol. The second-order valence-corrected chi connectivity index (χ2v) is 4.69. The number of amides is 1. The van der Waals surface area contributed by atoms with Crippen molar-refractivity contribution >= 4 is 11.7 Å². The van der Waals surface area contributed by atoms with Crippen molar-refractivity contribution in [2.45, 2.75) is 13.5 Å². The molecular weight excluding hydrogens is 226 g/mol. The SMILES string of the molecule is C=C[C@@H]1CN(Cc2ccccc2)C(=O)[C@H]1C(C)=O. The van der Waals surface area contributed by atoms with E-state index in [0.29, 0.717) is 13.1 Å². The number of likely N-dealkylation sites (tertiary alicyclic amines) is 1. The Bertz CT molecular complexity index is 467. The maximum Gasteiger partial charge on any atom is 0.234 e. The van der Waals surface area contributed by atoms with Crippen LogP contribution in [0.25, 0.3) is 0 Å². The third kappa shape index (κ3) is 2.35. The van der Waals surface area contributed by atoms with Crippen molar-refractivity contribution in [3.63, 3.8) is 0 Å². The summed E-state index contributed by atoms with van der Waals surface area (Å²) < 4.78 is 0. The summed E-state index contributed by atoms with van der Waals surface area (Å²) in [6.07, 6.45) is 1.72. The number of nitrogens with zero attached hydrogens (tertiary/aromatic N) is 1. The number of carbonyl (C=O) groups excluding carboxylic acids is 2. The fourth-order valence-corrected chi connectivity index (χ4v) is 2.46. The topological polar surface area (TPSA) is 37.4 Å². The van der Waals surface area contributed by atoms with E-state index >= 15 is 0 Å². The highest BCUT2D eigenvalue weighted by atomic mass is 16.2. The van der Waals surface area contributed by atoms with Crippen molar-refractivity contribution in [3.05, 3.63) is 48.6 Å². The number of benzene rings is 1. The summed E-state index contributed by atoms with van der Waals surface area (Å²) >= 11 is 0. The third-order valence-electron chi connectivity index (χ3n) is 3.39. The van der Waals surface area contributed by atoms with Crippen LogP contribution in [0.4, 0.5) is 0 Å². The van der Waals surface area contributed by atoms with E-state index in [2.05, 4.69) is 6.58 Å². The van der Waals surface area contributed by atoms with E-state index in [1.165, 1.54) is 6.92 Å². The van der Waals surface area contributed by atoms with Gasteiger partial charge >= 0.3 is 0 Å². The fraction of sp³-hybridized carbons (Fsp3) is 0.333. The minimum absolute atomic E-state index is 0.0567. The Morgan fingerprint density at radius 3 is 2.61 bits per heavy atom. The number of carbonyl (C=O) groups is 2. The first-order chi connectivity index (χ1) is 8.63. The largest absolute Gasteiger partial charge is 0.337 e. The van der Waals surface area contributed by atoms with Crippen LogP contribution in [-0.2, 0) is 16.1 Å². The number of hydrogen-bond donors (Lipinski definition) is 0. The van der Waals surface area contributed by atoms with Gasteiger partial charge in [-0.15, -0.1) is 6.58 Å². The van der Waals surface area contributed by atoms with Crippen LogP contribution in [0.1, 0.15) is 12.5 Å². The van der Waals surface area contributed by atoms with Crippen LogP contribution in [0.3, 0.4) is 0 Å². The van der Waals surface area contributed by atoms with E-state index in [4.69, 9.17) is 0 Å². The first-order valence-corrected chi connectivity index (χ1v) is 6.09. The Hall–Kier alpha value is -1.90. The molecule has 0 aromatic heterocycles. The molecule has 18 heavy (non-hydrogen) atoms. The predicted molar refractivity (Wildman–Crippen MR) is 69.7 cm³/mol. The number of hydrogen-bond acceptors (Lipinski definition) is 2. The second-order valence-electron chi connectivity index (χ2n) is 4.69. The highest BCUT2D eigenvalue weighted by Crippen LogP contribution is 2.27. The molecule has 1 saturated heterocycles. The van der Waals surface area contributed by atoms with Gasteiger partial charge in [-0.3, -0.25) is 9.59 Å². The number of Topliss-reactive ketones (excluding diaryl/α,β-unsaturated/α-hetero) is 1. The van der Waals surface area contributed by atoms with E-state index in [-0.39, 0.29) is 17.6 Å². The van der Waals surface area contributed by atoms with E-state index in [9.17, 15) is 9.59 Å². The lowest BCUT2D eigenvalue weighted by atomic mass is 9.92. The lowest BCUT2D eigenvalue weighted by molar-refractivity contribution is -0.136. The summed E-state index contributed by atoms with van der Waals surface area (Å²) in [6.45, 7) is 6.35. The number of ketones is 1. The predicted octanol–water partition coefficient (Wildman–Crippen LogP) is 2.04. The summed E-state index contributed by atoms with van der Waals surface area (Å²) in [6, 6.07) is 9.81.